The molecule has 0 bridgehead atoms. The van der Waals surface area contributed by atoms with E-state index in [0.29, 0.717) is 26.2 Å². The van der Waals surface area contributed by atoms with Crippen molar-refractivity contribution in [3.63, 3.8) is 0 Å². The molecule has 5 rings (SSSR count). The Morgan fingerprint density at radius 1 is 0.871 bits per heavy atom. The lowest BCUT2D eigenvalue weighted by Crippen LogP contribution is -2.51. The van der Waals surface area contributed by atoms with Gasteiger partial charge >= 0.3 is 6.03 Å². The van der Waals surface area contributed by atoms with Crippen molar-refractivity contribution in [2.75, 3.05) is 57.5 Å². The van der Waals surface area contributed by atoms with Gasteiger partial charge in [0, 0.05) is 51.5 Å². The predicted octanol–water partition coefficient (Wildman–Crippen LogP) is 2.00. The summed E-state index contributed by atoms with van der Waals surface area (Å²) in [4.78, 5) is 33.1. The Bertz CT molecular complexity index is 959. The lowest BCUT2D eigenvalue weighted by Gasteiger charge is -2.35. The first kappa shape index (κ1) is 19.7. The fourth-order valence-electron chi connectivity index (χ4n) is 4.29. The van der Waals surface area contributed by atoms with Gasteiger partial charge in [0.1, 0.15) is 6.54 Å². The van der Waals surface area contributed by atoms with E-state index in [-0.39, 0.29) is 25.3 Å². The third kappa shape index (κ3) is 4.16. The van der Waals surface area contributed by atoms with Crippen LogP contribution in [0.4, 0.5) is 10.5 Å². The van der Waals surface area contributed by atoms with Crippen LogP contribution in [0.2, 0.25) is 0 Å². The van der Waals surface area contributed by atoms with Crippen LogP contribution in [-0.4, -0.2) is 79.2 Å². The van der Waals surface area contributed by atoms with E-state index in [1.165, 1.54) is 5.56 Å². The fraction of sp³-hybridized carbons (Fsp3) is 0.391. The Balaban J connectivity index is 1.11. The molecule has 3 aliphatic heterocycles. The summed E-state index contributed by atoms with van der Waals surface area (Å²) in [7, 11) is 0. The van der Waals surface area contributed by atoms with Crippen LogP contribution >= 0.6 is 0 Å². The second-order valence-corrected chi connectivity index (χ2v) is 8.04. The number of rotatable bonds is 5. The molecule has 2 fully saturated rings. The number of anilines is 1. The number of piperazine rings is 1. The molecule has 0 unspecified atom stereocenters. The molecular formula is C23H26N4O4. The minimum absolute atomic E-state index is 0.0194. The number of ether oxygens (including phenoxy) is 2. The summed E-state index contributed by atoms with van der Waals surface area (Å²) >= 11 is 0. The van der Waals surface area contributed by atoms with Crippen LogP contribution in [0.1, 0.15) is 5.56 Å². The molecule has 3 heterocycles. The van der Waals surface area contributed by atoms with Crippen LogP contribution in [0.25, 0.3) is 0 Å². The minimum atomic E-state index is -0.0963. The first-order valence-electron chi connectivity index (χ1n) is 10.7. The Morgan fingerprint density at radius 2 is 1.65 bits per heavy atom. The van der Waals surface area contributed by atoms with E-state index in [1.54, 1.807) is 9.80 Å². The maximum atomic E-state index is 12.8. The third-order valence-corrected chi connectivity index (χ3v) is 6.06. The molecule has 0 spiro atoms. The predicted molar refractivity (Wildman–Crippen MR) is 115 cm³/mol. The topological polar surface area (TPSA) is 65.6 Å². The highest BCUT2D eigenvalue weighted by Crippen LogP contribution is 2.32. The Morgan fingerprint density at radius 3 is 2.45 bits per heavy atom. The van der Waals surface area contributed by atoms with Crippen molar-refractivity contribution < 1.29 is 19.1 Å². The normalized spacial score (nSPS) is 18.7. The number of carbonyl (C=O) groups excluding carboxylic acids is 2. The van der Waals surface area contributed by atoms with E-state index in [4.69, 9.17) is 9.47 Å². The average Bonchev–Trinajstić information content (AvgIpc) is 3.41. The molecule has 0 aromatic heterocycles. The molecule has 162 valence electrons. The van der Waals surface area contributed by atoms with Crippen molar-refractivity contribution in [3.8, 4) is 11.5 Å². The number of benzene rings is 2. The number of fused-ring (bicyclic) bond motifs is 1. The molecule has 0 atom stereocenters. The van der Waals surface area contributed by atoms with E-state index in [1.807, 2.05) is 47.4 Å². The third-order valence-electron chi connectivity index (χ3n) is 6.06. The van der Waals surface area contributed by atoms with Gasteiger partial charge in [0.25, 0.3) is 0 Å². The quantitative estimate of drug-likeness (QED) is 0.738. The van der Waals surface area contributed by atoms with Crippen molar-refractivity contribution in [1.82, 2.24) is 14.7 Å². The van der Waals surface area contributed by atoms with Crippen LogP contribution in [0.5, 0.6) is 11.5 Å². The van der Waals surface area contributed by atoms with Crippen LogP contribution in [0, 0.1) is 0 Å². The molecule has 3 amide bonds. The van der Waals surface area contributed by atoms with E-state index in [0.717, 1.165) is 36.8 Å². The van der Waals surface area contributed by atoms with Gasteiger partial charge in [-0.15, -0.1) is 0 Å². The second kappa shape index (κ2) is 8.47. The van der Waals surface area contributed by atoms with Crippen LogP contribution < -0.4 is 14.4 Å². The highest BCUT2D eigenvalue weighted by Gasteiger charge is 2.32. The zero-order valence-electron chi connectivity index (χ0n) is 17.4. The number of carbonyl (C=O) groups is 2. The number of hydrogen-bond acceptors (Lipinski definition) is 5. The molecule has 0 radical (unpaired) electrons. The number of amides is 3. The number of para-hydroxylation sites is 1. The van der Waals surface area contributed by atoms with Gasteiger partial charge in [-0.2, -0.15) is 0 Å². The summed E-state index contributed by atoms with van der Waals surface area (Å²) in [6, 6.07) is 15.5. The monoisotopic (exact) mass is 422 g/mol. The van der Waals surface area contributed by atoms with Gasteiger partial charge in [-0.1, -0.05) is 24.3 Å². The molecule has 0 saturated carbocycles. The van der Waals surface area contributed by atoms with Crippen LogP contribution in [0.3, 0.4) is 0 Å². The summed E-state index contributed by atoms with van der Waals surface area (Å²) in [6.45, 7) is 5.39. The summed E-state index contributed by atoms with van der Waals surface area (Å²) in [5, 5.41) is 0. The lowest BCUT2D eigenvalue weighted by atomic mass is 10.1. The number of hydrogen-bond donors (Lipinski definition) is 0. The maximum Gasteiger partial charge on any atom is 0.325 e. The van der Waals surface area contributed by atoms with Crippen LogP contribution in [-0.2, 0) is 11.3 Å². The second-order valence-electron chi connectivity index (χ2n) is 8.04. The van der Waals surface area contributed by atoms with Crippen molar-refractivity contribution in [3.05, 3.63) is 54.1 Å². The Kier molecular flexibility index (Phi) is 5.38. The fourth-order valence-corrected chi connectivity index (χ4v) is 4.29. The molecule has 2 aromatic rings. The summed E-state index contributed by atoms with van der Waals surface area (Å²) < 4.78 is 10.8. The van der Waals surface area contributed by atoms with Crippen molar-refractivity contribution in [1.29, 1.82) is 0 Å². The van der Waals surface area contributed by atoms with Crippen LogP contribution in [0.15, 0.2) is 48.5 Å². The Hall–Kier alpha value is -3.26. The van der Waals surface area contributed by atoms with E-state index < -0.39 is 0 Å². The first-order valence-corrected chi connectivity index (χ1v) is 10.7. The number of nitrogens with zero attached hydrogens (tertiary/aromatic N) is 4. The number of urea groups is 1. The molecule has 2 aromatic carbocycles. The highest BCUT2D eigenvalue weighted by atomic mass is 16.7. The van der Waals surface area contributed by atoms with Gasteiger partial charge in [0.05, 0.1) is 0 Å². The van der Waals surface area contributed by atoms with E-state index in [9.17, 15) is 9.59 Å². The SMILES string of the molecule is O=C(CN1CCN(c2ccccc2)C1=O)N1CCN(Cc2ccc3c(c2)OCO3)CC1. The molecule has 0 aliphatic carbocycles. The first-order chi connectivity index (χ1) is 15.2. The molecular weight excluding hydrogens is 396 g/mol. The summed E-state index contributed by atoms with van der Waals surface area (Å²) in [6.07, 6.45) is 0. The highest BCUT2D eigenvalue weighted by molar-refractivity contribution is 5.96. The summed E-state index contributed by atoms with van der Waals surface area (Å²) in [5.41, 5.74) is 2.05. The minimum Gasteiger partial charge on any atom is -0.454 e. The smallest absolute Gasteiger partial charge is 0.325 e. The molecule has 0 N–H and O–H groups in total. The molecule has 2 saturated heterocycles. The van der Waals surface area contributed by atoms with Gasteiger partial charge in [0.2, 0.25) is 12.7 Å². The lowest BCUT2D eigenvalue weighted by molar-refractivity contribution is -0.133. The van der Waals surface area contributed by atoms with Gasteiger partial charge < -0.3 is 19.3 Å². The van der Waals surface area contributed by atoms with Crippen molar-refractivity contribution in [2.45, 2.75) is 6.54 Å². The van der Waals surface area contributed by atoms with E-state index >= 15 is 0 Å². The van der Waals surface area contributed by atoms with E-state index in [2.05, 4.69) is 11.0 Å². The van der Waals surface area contributed by atoms with Gasteiger partial charge in [-0.05, 0) is 29.8 Å². The van der Waals surface area contributed by atoms with Gasteiger partial charge in [-0.3, -0.25) is 14.6 Å². The molecule has 31 heavy (non-hydrogen) atoms. The van der Waals surface area contributed by atoms with Crippen molar-refractivity contribution >= 4 is 17.6 Å². The molecule has 3 aliphatic rings. The summed E-state index contributed by atoms with van der Waals surface area (Å²) in [5.74, 6) is 1.61. The van der Waals surface area contributed by atoms with Gasteiger partial charge in [0.15, 0.2) is 11.5 Å². The van der Waals surface area contributed by atoms with Gasteiger partial charge in [-0.25, -0.2) is 4.79 Å². The zero-order valence-corrected chi connectivity index (χ0v) is 17.4. The standard InChI is InChI=1S/C23H26N4O4/c28-22(16-26-12-13-27(23(26)29)19-4-2-1-3-5-19)25-10-8-24(9-11-25)15-18-6-7-20-21(14-18)31-17-30-20/h1-7,14H,8-13,15-17H2. The molecule has 8 heteroatoms. The largest absolute Gasteiger partial charge is 0.454 e. The maximum absolute atomic E-state index is 12.8. The zero-order chi connectivity index (χ0) is 21.2. The average molecular weight is 422 g/mol. The van der Waals surface area contributed by atoms with Crippen molar-refractivity contribution in [2.24, 2.45) is 0 Å². The Labute approximate surface area is 181 Å². The molecule has 8 nitrogen and oxygen atoms in total.